The number of methoxy groups -OCH3 is 3. The molecule has 0 fully saturated rings. The van der Waals surface area contributed by atoms with Crippen molar-refractivity contribution >= 4 is 17.0 Å². The number of aromatic nitrogens is 3. The monoisotopic (exact) mass is 573 g/mol. The molecule has 10 heteroatoms. The summed E-state index contributed by atoms with van der Waals surface area (Å²) in [7, 11) is 4.40. The van der Waals surface area contributed by atoms with Crippen LogP contribution in [0.25, 0.3) is 22.3 Å². The van der Waals surface area contributed by atoms with E-state index in [9.17, 15) is 9.18 Å². The van der Waals surface area contributed by atoms with Gasteiger partial charge in [0.25, 0.3) is 0 Å². The minimum absolute atomic E-state index is 0.123. The highest BCUT2D eigenvalue weighted by molar-refractivity contribution is 5.93. The number of fused-ring (bicyclic) bond motifs is 1. The molecule has 3 aromatic carbocycles. The minimum Gasteiger partial charge on any atom is -0.496 e. The number of rotatable bonds is 11. The summed E-state index contributed by atoms with van der Waals surface area (Å²) in [5, 5.41) is 0. The summed E-state index contributed by atoms with van der Waals surface area (Å²) < 4.78 is 52.0. The van der Waals surface area contributed by atoms with Gasteiger partial charge < -0.3 is 23.5 Å². The van der Waals surface area contributed by atoms with Crippen LogP contribution in [0.2, 0.25) is 0 Å². The Morgan fingerprint density at radius 3 is 2.50 bits per heavy atom. The maximum Gasteiger partial charge on any atom is 0.337 e. The number of pyridine rings is 1. The van der Waals surface area contributed by atoms with Crippen LogP contribution in [-0.4, -0.2) is 48.4 Å². The predicted molar refractivity (Wildman–Crippen MR) is 153 cm³/mol. The number of carbonyl (C=O) groups excluding carboxylic acids is 1. The van der Waals surface area contributed by atoms with E-state index in [1.165, 1.54) is 32.4 Å². The first-order chi connectivity index (χ1) is 20.4. The third-order valence-corrected chi connectivity index (χ3v) is 6.81. The Labute approximate surface area is 241 Å². The Hall–Kier alpha value is -4.83. The van der Waals surface area contributed by atoms with Gasteiger partial charge in [0.05, 0.1) is 43.1 Å². The number of imidazole rings is 1. The number of nitrogens with zero attached hydrogens (tertiary/aromatic N) is 3. The molecule has 0 N–H and O–H groups in total. The zero-order chi connectivity index (χ0) is 29.6. The Morgan fingerprint density at radius 2 is 1.74 bits per heavy atom. The molecular weight excluding hydrogens is 544 g/mol. The van der Waals surface area contributed by atoms with Gasteiger partial charge in [0.15, 0.2) is 0 Å². The predicted octanol–water partition coefficient (Wildman–Crippen LogP) is 5.99. The highest BCUT2D eigenvalue weighted by Gasteiger charge is 2.17. The van der Waals surface area contributed by atoms with E-state index >= 15 is 4.39 Å². The molecule has 0 saturated carbocycles. The van der Waals surface area contributed by atoms with Gasteiger partial charge in [0.2, 0.25) is 5.88 Å². The highest BCUT2D eigenvalue weighted by Crippen LogP contribution is 2.27. The third kappa shape index (κ3) is 6.23. The maximum absolute atomic E-state index is 15.4. The lowest BCUT2D eigenvalue weighted by molar-refractivity contribution is 0.0601. The van der Waals surface area contributed by atoms with Crippen molar-refractivity contribution in [2.45, 2.75) is 19.6 Å². The quantitative estimate of drug-likeness (QED) is 0.180. The normalized spacial score (nSPS) is 11.1. The van der Waals surface area contributed by atoms with Crippen molar-refractivity contribution in [2.75, 3.05) is 27.9 Å². The first-order valence-corrected chi connectivity index (χ1v) is 13.2. The van der Waals surface area contributed by atoms with E-state index in [4.69, 9.17) is 23.9 Å². The largest absolute Gasteiger partial charge is 0.496 e. The van der Waals surface area contributed by atoms with Crippen LogP contribution in [0.4, 0.5) is 8.78 Å². The van der Waals surface area contributed by atoms with Crippen LogP contribution in [0.15, 0.2) is 72.8 Å². The van der Waals surface area contributed by atoms with Gasteiger partial charge in [-0.1, -0.05) is 18.2 Å². The molecule has 0 bridgehead atoms. The van der Waals surface area contributed by atoms with Gasteiger partial charge in [-0.25, -0.2) is 23.5 Å². The van der Waals surface area contributed by atoms with Gasteiger partial charge in [-0.3, -0.25) is 0 Å². The third-order valence-electron chi connectivity index (χ3n) is 6.81. The second-order valence-electron chi connectivity index (χ2n) is 9.46. The average molecular weight is 574 g/mol. The second-order valence-corrected chi connectivity index (χ2v) is 9.46. The van der Waals surface area contributed by atoms with E-state index in [-0.39, 0.29) is 13.0 Å². The summed E-state index contributed by atoms with van der Waals surface area (Å²) in [6.45, 7) is 1.02. The molecule has 2 aromatic heterocycles. The van der Waals surface area contributed by atoms with Crippen molar-refractivity contribution in [3.05, 3.63) is 107 Å². The number of ether oxygens (including phenoxy) is 4. The first-order valence-electron chi connectivity index (χ1n) is 13.2. The lowest BCUT2D eigenvalue weighted by Gasteiger charge is -2.12. The highest BCUT2D eigenvalue weighted by atomic mass is 19.1. The molecule has 0 aliphatic carbocycles. The Bertz CT molecular complexity index is 1740. The van der Waals surface area contributed by atoms with Crippen molar-refractivity contribution in [2.24, 2.45) is 0 Å². The molecule has 0 radical (unpaired) electrons. The van der Waals surface area contributed by atoms with E-state index in [0.717, 1.165) is 5.52 Å². The topological polar surface area (TPSA) is 84.7 Å². The zero-order valence-electron chi connectivity index (χ0n) is 23.4. The van der Waals surface area contributed by atoms with Crippen LogP contribution < -0.4 is 9.47 Å². The lowest BCUT2D eigenvalue weighted by Crippen LogP contribution is -2.10. The fourth-order valence-electron chi connectivity index (χ4n) is 4.65. The summed E-state index contributed by atoms with van der Waals surface area (Å²) in [4.78, 5) is 21.3. The van der Waals surface area contributed by atoms with Gasteiger partial charge in [0, 0.05) is 43.3 Å². The second kappa shape index (κ2) is 12.8. The molecule has 5 aromatic rings. The molecular formula is C32H29F2N3O5. The van der Waals surface area contributed by atoms with Crippen molar-refractivity contribution in [1.82, 2.24) is 14.5 Å². The number of carbonyl (C=O) groups is 1. The van der Waals surface area contributed by atoms with Gasteiger partial charge >= 0.3 is 5.97 Å². The first kappa shape index (κ1) is 28.7. The van der Waals surface area contributed by atoms with Crippen molar-refractivity contribution < 1.29 is 32.5 Å². The van der Waals surface area contributed by atoms with Gasteiger partial charge in [-0.2, -0.15) is 0 Å². The summed E-state index contributed by atoms with van der Waals surface area (Å²) in [5.41, 5.74) is 4.06. The number of hydrogen-bond donors (Lipinski definition) is 0. The lowest BCUT2D eigenvalue weighted by atomic mass is 10.1. The fraction of sp³-hybridized carbons (Fsp3) is 0.219. The molecule has 0 spiro atoms. The molecule has 0 aliphatic rings. The van der Waals surface area contributed by atoms with Gasteiger partial charge in [-0.05, 0) is 48.0 Å². The zero-order valence-corrected chi connectivity index (χ0v) is 23.4. The fourth-order valence-corrected chi connectivity index (χ4v) is 4.65. The molecule has 0 amide bonds. The molecule has 0 atom stereocenters. The Balaban J connectivity index is 1.37. The van der Waals surface area contributed by atoms with Crippen molar-refractivity contribution in [3.63, 3.8) is 0 Å². The summed E-state index contributed by atoms with van der Waals surface area (Å²) in [5.74, 6) is 0.0988. The van der Waals surface area contributed by atoms with Gasteiger partial charge in [0.1, 0.15) is 29.8 Å². The Morgan fingerprint density at radius 1 is 0.905 bits per heavy atom. The Kier molecular flexibility index (Phi) is 8.73. The molecule has 42 heavy (non-hydrogen) atoms. The van der Waals surface area contributed by atoms with Crippen LogP contribution in [0.5, 0.6) is 11.6 Å². The summed E-state index contributed by atoms with van der Waals surface area (Å²) in [6.07, 6.45) is 0.230. The van der Waals surface area contributed by atoms with E-state index in [0.29, 0.717) is 64.1 Å². The van der Waals surface area contributed by atoms with E-state index in [1.54, 1.807) is 61.7 Å². The van der Waals surface area contributed by atoms with Gasteiger partial charge in [-0.15, -0.1) is 0 Å². The number of esters is 1. The molecule has 0 saturated heterocycles. The van der Waals surface area contributed by atoms with Crippen LogP contribution in [0.1, 0.15) is 27.3 Å². The van der Waals surface area contributed by atoms with E-state index in [2.05, 4.69) is 4.98 Å². The maximum atomic E-state index is 15.4. The standard InChI is InChI=1S/C32H29F2N3O5/c1-39-14-13-37-28-16-22(32(38)41-3)10-12-27(28)35-30(37)17-20-7-8-21(15-25(20)34)26-5-4-6-31(36-26)42-19-23-9-11-24(33)18-29(23)40-2/h4-12,15-16,18H,13-14,17,19H2,1-3H3. The van der Waals surface area contributed by atoms with Crippen LogP contribution in [-0.2, 0) is 29.0 Å². The molecule has 5 rings (SSSR count). The van der Waals surface area contributed by atoms with Crippen LogP contribution in [0, 0.1) is 11.6 Å². The summed E-state index contributed by atoms with van der Waals surface area (Å²) >= 11 is 0. The smallest absolute Gasteiger partial charge is 0.337 e. The minimum atomic E-state index is -0.446. The number of hydrogen-bond acceptors (Lipinski definition) is 7. The molecule has 0 aliphatic heterocycles. The SMILES string of the molecule is COCCn1c(Cc2ccc(-c3cccc(OCc4ccc(F)cc4OC)n3)cc2F)nc2ccc(C(=O)OC)cc21. The van der Waals surface area contributed by atoms with Crippen LogP contribution in [0.3, 0.4) is 0 Å². The van der Waals surface area contributed by atoms with Crippen molar-refractivity contribution in [1.29, 1.82) is 0 Å². The molecule has 0 unspecified atom stereocenters. The van der Waals surface area contributed by atoms with E-state index < -0.39 is 17.6 Å². The number of halogens is 2. The number of benzene rings is 3. The summed E-state index contributed by atoms with van der Waals surface area (Å²) in [6, 6.07) is 19.5. The average Bonchev–Trinajstić information content (AvgIpc) is 3.35. The molecule has 216 valence electrons. The molecule has 8 nitrogen and oxygen atoms in total. The van der Waals surface area contributed by atoms with Crippen molar-refractivity contribution in [3.8, 4) is 22.9 Å². The molecule has 2 heterocycles. The van der Waals surface area contributed by atoms with E-state index in [1.807, 2.05) is 4.57 Å². The van der Waals surface area contributed by atoms with Crippen LogP contribution >= 0.6 is 0 Å².